The van der Waals surface area contributed by atoms with E-state index in [4.69, 9.17) is 15.2 Å². The van der Waals surface area contributed by atoms with Gasteiger partial charge in [0.05, 0.1) is 12.3 Å². The first-order valence-electron chi connectivity index (χ1n) is 11.0. The van der Waals surface area contributed by atoms with E-state index in [1.165, 1.54) is 21.2 Å². The van der Waals surface area contributed by atoms with Gasteiger partial charge in [-0.05, 0) is 30.2 Å². The number of amides is 1. The zero-order valence-electron chi connectivity index (χ0n) is 18.8. The SMILES string of the molecule is CCCN(C(=O)CSc1ccc2c(c1)OCCO2)c1c(N)n(Cc2ccccc2)c(=O)[nH]c1=O. The van der Waals surface area contributed by atoms with Gasteiger partial charge in [-0.1, -0.05) is 37.3 Å². The molecule has 0 spiro atoms. The molecule has 2 heterocycles. The molecule has 10 heteroatoms. The van der Waals surface area contributed by atoms with E-state index in [1.807, 2.05) is 55.5 Å². The third-order valence-electron chi connectivity index (χ3n) is 5.29. The number of fused-ring (bicyclic) bond motifs is 1. The highest BCUT2D eigenvalue weighted by atomic mass is 32.2. The standard InChI is InChI=1S/C24H26N4O5S/c1-2-10-27(20(29)15-34-17-8-9-18-19(13-17)33-12-11-32-18)21-22(25)28(24(31)26-23(21)30)14-16-6-4-3-5-7-16/h3-9,13H,2,10-12,14-15,25H2,1H3,(H,26,30,31). The fourth-order valence-corrected chi connectivity index (χ4v) is 4.48. The van der Waals surface area contributed by atoms with Gasteiger partial charge in [-0.3, -0.25) is 19.1 Å². The molecule has 1 aliphatic rings. The number of carbonyl (C=O) groups excluding carboxylic acids is 1. The topological polar surface area (TPSA) is 120 Å². The molecule has 0 saturated heterocycles. The molecule has 0 bridgehead atoms. The number of thioether (sulfide) groups is 1. The molecule has 3 N–H and O–H groups in total. The molecule has 1 amide bonds. The number of anilines is 2. The first kappa shape index (κ1) is 23.5. The van der Waals surface area contributed by atoms with Crippen LogP contribution in [-0.2, 0) is 11.3 Å². The van der Waals surface area contributed by atoms with Crippen LogP contribution in [0.15, 0.2) is 63.0 Å². The van der Waals surface area contributed by atoms with Gasteiger partial charge in [0, 0.05) is 11.4 Å². The number of aromatic nitrogens is 2. The smallest absolute Gasteiger partial charge is 0.330 e. The Morgan fingerprint density at radius 1 is 1.12 bits per heavy atom. The highest BCUT2D eigenvalue weighted by Crippen LogP contribution is 2.34. The van der Waals surface area contributed by atoms with Gasteiger partial charge < -0.3 is 20.1 Å². The predicted molar refractivity (Wildman–Crippen MR) is 132 cm³/mol. The Labute approximate surface area is 200 Å². The van der Waals surface area contributed by atoms with Crippen LogP contribution in [0.25, 0.3) is 0 Å². The lowest BCUT2D eigenvalue weighted by atomic mass is 10.2. The summed E-state index contributed by atoms with van der Waals surface area (Å²) in [4.78, 5) is 43.0. The summed E-state index contributed by atoms with van der Waals surface area (Å²) in [6.07, 6.45) is 0.608. The summed E-state index contributed by atoms with van der Waals surface area (Å²) in [5, 5.41) is 0. The molecule has 0 unspecified atom stereocenters. The molecule has 9 nitrogen and oxygen atoms in total. The molecular weight excluding hydrogens is 456 g/mol. The number of ether oxygens (including phenoxy) is 2. The minimum absolute atomic E-state index is 0.00912. The van der Waals surface area contributed by atoms with Crippen LogP contribution < -0.4 is 31.4 Å². The number of nitrogens with one attached hydrogen (secondary N) is 1. The van der Waals surface area contributed by atoms with E-state index < -0.39 is 11.2 Å². The fraction of sp³-hybridized carbons (Fsp3) is 0.292. The van der Waals surface area contributed by atoms with Crippen LogP contribution in [-0.4, -0.2) is 41.0 Å². The molecule has 34 heavy (non-hydrogen) atoms. The van der Waals surface area contributed by atoms with Gasteiger partial charge in [-0.2, -0.15) is 0 Å². The van der Waals surface area contributed by atoms with Crippen molar-refractivity contribution in [2.24, 2.45) is 0 Å². The van der Waals surface area contributed by atoms with Gasteiger partial charge in [0.1, 0.15) is 19.0 Å². The molecule has 0 saturated carbocycles. The van der Waals surface area contributed by atoms with E-state index in [2.05, 4.69) is 4.98 Å². The van der Waals surface area contributed by atoms with E-state index in [-0.39, 0.29) is 36.3 Å². The van der Waals surface area contributed by atoms with Crippen molar-refractivity contribution in [3.8, 4) is 11.5 Å². The van der Waals surface area contributed by atoms with Crippen molar-refractivity contribution in [1.29, 1.82) is 0 Å². The maximum atomic E-state index is 13.2. The zero-order chi connectivity index (χ0) is 24.1. The maximum Gasteiger partial charge on any atom is 0.330 e. The molecule has 4 rings (SSSR count). The van der Waals surface area contributed by atoms with E-state index >= 15 is 0 Å². The molecule has 1 aromatic heterocycles. The summed E-state index contributed by atoms with van der Waals surface area (Å²) in [6.45, 7) is 3.35. The van der Waals surface area contributed by atoms with Crippen LogP contribution in [0.1, 0.15) is 18.9 Å². The lowest BCUT2D eigenvalue weighted by molar-refractivity contribution is -0.116. The monoisotopic (exact) mass is 482 g/mol. The molecule has 0 fully saturated rings. The molecule has 0 radical (unpaired) electrons. The second kappa shape index (κ2) is 10.5. The Kier molecular flexibility index (Phi) is 7.27. The van der Waals surface area contributed by atoms with Crippen LogP contribution in [0.3, 0.4) is 0 Å². The van der Waals surface area contributed by atoms with Gasteiger partial charge in [-0.15, -0.1) is 11.8 Å². The summed E-state index contributed by atoms with van der Waals surface area (Å²) in [6, 6.07) is 14.8. The fourth-order valence-electron chi connectivity index (χ4n) is 3.68. The summed E-state index contributed by atoms with van der Waals surface area (Å²) >= 11 is 1.32. The summed E-state index contributed by atoms with van der Waals surface area (Å²) < 4.78 is 12.4. The number of carbonyl (C=O) groups is 1. The predicted octanol–water partition coefficient (Wildman–Crippen LogP) is 2.47. The molecule has 0 aliphatic carbocycles. The Morgan fingerprint density at radius 3 is 2.59 bits per heavy atom. The maximum absolute atomic E-state index is 13.2. The van der Waals surface area contributed by atoms with Crippen molar-refractivity contribution in [2.45, 2.75) is 24.8 Å². The van der Waals surface area contributed by atoms with Crippen LogP contribution >= 0.6 is 11.8 Å². The highest BCUT2D eigenvalue weighted by Gasteiger charge is 2.24. The first-order valence-corrected chi connectivity index (χ1v) is 12.0. The van der Waals surface area contributed by atoms with Gasteiger partial charge in [-0.25, -0.2) is 4.79 Å². The Balaban J connectivity index is 1.58. The number of nitrogens with zero attached hydrogens (tertiary/aromatic N) is 2. The Morgan fingerprint density at radius 2 is 1.85 bits per heavy atom. The minimum atomic E-state index is -0.682. The zero-order valence-corrected chi connectivity index (χ0v) is 19.6. The quantitative estimate of drug-likeness (QED) is 0.473. The van der Waals surface area contributed by atoms with Crippen LogP contribution in [0, 0.1) is 0 Å². The van der Waals surface area contributed by atoms with Gasteiger partial charge in [0.2, 0.25) is 5.91 Å². The highest BCUT2D eigenvalue weighted by molar-refractivity contribution is 8.00. The molecule has 2 aromatic carbocycles. The molecule has 178 valence electrons. The van der Waals surface area contributed by atoms with Crippen molar-refractivity contribution in [1.82, 2.24) is 9.55 Å². The van der Waals surface area contributed by atoms with E-state index in [0.29, 0.717) is 31.1 Å². The Bertz CT molecular complexity index is 1290. The van der Waals surface area contributed by atoms with Crippen molar-refractivity contribution < 1.29 is 14.3 Å². The number of rotatable bonds is 8. The van der Waals surface area contributed by atoms with E-state index in [9.17, 15) is 14.4 Å². The average molecular weight is 483 g/mol. The third-order valence-corrected chi connectivity index (χ3v) is 6.27. The average Bonchev–Trinajstić information content (AvgIpc) is 2.85. The first-order chi connectivity index (χ1) is 16.5. The summed E-state index contributed by atoms with van der Waals surface area (Å²) in [5.41, 5.74) is 5.83. The van der Waals surface area contributed by atoms with Crippen molar-refractivity contribution in [3.63, 3.8) is 0 Å². The number of benzene rings is 2. The van der Waals surface area contributed by atoms with Crippen molar-refractivity contribution >= 4 is 29.2 Å². The number of nitrogen functional groups attached to an aromatic ring is 1. The number of hydrogen-bond acceptors (Lipinski definition) is 7. The van der Waals surface area contributed by atoms with Crippen molar-refractivity contribution in [3.05, 3.63) is 74.9 Å². The minimum Gasteiger partial charge on any atom is -0.486 e. The van der Waals surface area contributed by atoms with Gasteiger partial charge in [0.25, 0.3) is 5.56 Å². The lowest BCUT2D eigenvalue weighted by Crippen LogP contribution is -2.42. The molecule has 1 aliphatic heterocycles. The largest absolute Gasteiger partial charge is 0.486 e. The number of hydrogen-bond donors (Lipinski definition) is 2. The normalized spacial score (nSPS) is 12.4. The molecule has 3 aromatic rings. The summed E-state index contributed by atoms with van der Waals surface area (Å²) in [7, 11) is 0. The number of aromatic amines is 1. The van der Waals surface area contributed by atoms with Crippen LogP contribution in [0.2, 0.25) is 0 Å². The van der Waals surface area contributed by atoms with Crippen LogP contribution in [0.4, 0.5) is 11.5 Å². The number of H-pyrrole nitrogens is 1. The second-order valence-electron chi connectivity index (χ2n) is 7.70. The second-order valence-corrected chi connectivity index (χ2v) is 8.75. The van der Waals surface area contributed by atoms with Crippen molar-refractivity contribution in [2.75, 3.05) is 36.1 Å². The van der Waals surface area contributed by atoms with E-state index in [0.717, 1.165) is 10.5 Å². The molecule has 0 atom stereocenters. The third kappa shape index (κ3) is 5.12. The lowest BCUT2D eigenvalue weighted by Gasteiger charge is -2.24. The number of nitrogens with two attached hydrogens (primary N) is 1. The van der Waals surface area contributed by atoms with Gasteiger partial charge >= 0.3 is 5.69 Å². The van der Waals surface area contributed by atoms with Crippen LogP contribution in [0.5, 0.6) is 11.5 Å². The van der Waals surface area contributed by atoms with Gasteiger partial charge in [0.15, 0.2) is 17.2 Å². The van der Waals surface area contributed by atoms with E-state index in [1.54, 1.807) is 0 Å². The molecular formula is C24H26N4O5S. The Hall–Kier alpha value is -3.66. The summed E-state index contributed by atoms with van der Waals surface area (Å²) in [5.74, 6) is 1.07.